The van der Waals surface area contributed by atoms with Gasteiger partial charge in [0.25, 0.3) is 0 Å². The summed E-state index contributed by atoms with van der Waals surface area (Å²) in [6.07, 6.45) is 8.34. The molecule has 1 aromatic heterocycles. The van der Waals surface area contributed by atoms with Crippen molar-refractivity contribution in [2.45, 2.75) is 58.5 Å². The Bertz CT molecular complexity index is 838. The van der Waals surface area contributed by atoms with Crippen LogP contribution in [0.15, 0.2) is 47.7 Å². The Hall–Kier alpha value is -2.54. The third kappa shape index (κ3) is 5.03. The van der Waals surface area contributed by atoms with Crippen molar-refractivity contribution >= 4 is 6.03 Å². The summed E-state index contributed by atoms with van der Waals surface area (Å²) in [5.41, 5.74) is 6.57. The van der Waals surface area contributed by atoms with Gasteiger partial charge in [0.1, 0.15) is 11.3 Å². The Kier molecular flexibility index (Phi) is 6.94. The molecule has 170 valence electrons. The molecule has 3 rings (SSSR count). The molecule has 1 unspecified atom stereocenters. The van der Waals surface area contributed by atoms with Crippen LogP contribution in [-0.2, 0) is 11.3 Å². The topological polar surface area (TPSA) is 101 Å². The highest BCUT2D eigenvalue weighted by molar-refractivity contribution is 5.74. The second kappa shape index (κ2) is 9.30. The number of primary amides is 1. The zero-order chi connectivity index (χ0) is 22.6. The number of aliphatic hydroxyl groups excluding tert-OH is 1. The van der Waals surface area contributed by atoms with Gasteiger partial charge in [-0.1, -0.05) is 26.8 Å². The van der Waals surface area contributed by atoms with Gasteiger partial charge in [-0.2, -0.15) is 0 Å². The second-order valence-corrected chi connectivity index (χ2v) is 9.71. The van der Waals surface area contributed by atoms with E-state index in [9.17, 15) is 9.90 Å². The Labute approximate surface area is 185 Å². The molecule has 31 heavy (non-hydrogen) atoms. The molecule has 0 bridgehead atoms. The first-order chi connectivity index (χ1) is 14.7. The van der Waals surface area contributed by atoms with Crippen molar-refractivity contribution in [2.24, 2.45) is 17.1 Å². The third-order valence-electron chi connectivity index (χ3n) is 6.46. The van der Waals surface area contributed by atoms with Crippen LogP contribution >= 0.6 is 0 Å². The number of ether oxygens (including phenoxy) is 1. The maximum Gasteiger partial charge on any atom is 0.315 e. The molecule has 1 aromatic rings. The molecule has 2 heterocycles. The van der Waals surface area contributed by atoms with Crippen LogP contribution in [0.3, 0.4) is 0 Å². The molecule has 1 fully saturated rings. The minimum atomic E-state index is -0.850. The molecular formula is C24H36N4O3. The Balaban J connectivity index is 2.09. The van der Waals surface area contributed by atoms with Gasteiger partial charge in [-0.25, -0.2) is 4.79 Å². The molecule has 1 atom stereocenters. The van der Waals surface area contributed by atoms with Crippen LogP contribution in [0.25, 0.3) is 0 Å². The first kappa shape index (κ1) is 23.1. The zero-order valence-corrected chi connectivity index (χ0v) is 19.1. The molecule has 0 spiro atoms. The van der Waals surface area contributed by atoms with E-state index in [4.69, 9.17) is 10.5 Å². The average molecular weight is 429 g/mol. The molecule has 0 radical (unpaired) electrons. The lowest BCUT2D eigenvalue weighted by Crippen LogP contribution is -2.57. The van der Waals surface area contributed by atoms with E-state index in [1.165, 1.54) is 0 Å². The summed E-state index contributed by atoms with van der Waals surface area (Å²) in [7, 11) is 1.63. The summed E-state index contributed by atoms with van der Waals surface area (Å²) < 4.78 is 5.93. The summed E-state index contributed by atoms with van der Waals surface area (Å²) in [4.78, 5) is 18.7. The fourth-order valence-electron chi connectivity index (χ4n) is 4.90. The number of hydrogen-bond acceptors (Lipinski definition) is 5. The van der Waals surface area contributed by atoms with E-state index in [0.717, 1.165) is 37.1 Å². The number of carbonyl (C=O) groups is 1. The number of methoxy groups -OCH3 is 1. The van der Waals surface area contributed by atoms with Crippen LogP contribution in [0.2, 0.25) is 0 Å². The standard InChI is InChI=1S/C24H36N4O3/c1-23(2,3)19-12-21(31-4)24(14-20(19)29,13-17-7-10-26-11-8-17)28(22(25)30)16-18-6-5-9-27-15-18/h5-6,9,12,15,17,26,29H,7-8,10-11,13-14,16H2,1-4H3,(H2,25,30). The Morgan fingerprint density at radius 1 is 1.39 bits per heavy atom. The molecule has 1 aliphatic carbocycles. The predicted octanol–water partition coefficient (Wildman–Crippen LogP) is 3.88. The highest BCUT2D eigenvalue weighted by Crippen LogP contribution is 2.46. The highest BCUT2D eigenvalue weighted by Gasteiger charge is 2.49. The van der Waals surface area contributed by atoms with E-state index in [1.807, 2.05) is 18.2 Å². The van der Waals surface area contributed by atoms with Crippen molar-refractivity contribution < 1.29 is 14.6 Å². The van der Waals surface area contributed by atoms with Crippen LogP contribution in [0.4, 0.5) is 4.79 Å². The van der Waals surface area contributed by atoms with Gasteiger partial charge < -0.3 is 25.8 Å². The van der Waals surface area contributed by atoms with E-state index in [-0.39, 0.29) is 11.8 Å². The van der Waals surface area contributed by atoms with Gasteiger partial charge in [0.05, 0.1) is 12.9 Å². The maximum absolute atomic E-state index is 12.8. The summed E-state index contributed by atoms with van der Waals surface area (Å²) >= 11 is 0. The fraction of sp³-hybridized carbons (Fsp3) is 0.583. The molecule has 1 aliphatic heterocycles. The van der Waals surface area contributed by atoms with Gasteiger partial charge in [-0.05, 0) is 67.0 Å². The zero-order valence-electron chi connectivity index (χ0n) is 19.1. The van der Waals surface area contributed by atoms with Gasteiger partial charge in [-0.3, -0.25) is 4.98 Å². The number of amides is 2. The number of aromatic nitrogens is 1. The summed E-state index contributed by atoms with van der Waals surface area (Å²) in [5.74, 6) is 1.36. The monoisotopic (exact) mass is 428 g/mol. The van der Waals surface area contributed by atoms with Crippen molar-refractivity contribution in [1.29, 1.82) is 0 Å². The number of nitrogens with two attached hydrogens (primary N) is 1. The summed E-state index contributed by atoms with van der Waals surface area (Å²) in [5, 5.41) is 14.6. The molecule has 4 N–H and O–H groups in total. The Morgan fingerprint density at radius 3 is 2.65 bits per heavy atom. The van der Waals surface area contributed by atoms with Crippen LogP contribution in [0.1, 0.15) is 52.0 Å². The SMILES string of the molecule is COC1=CC(C(C)(C)C)=C(O)CC1(CC1CCNCC1)N(Cc1cccnc1)C(N)=O. The van der Waals surface area contributed by atoms with E-state index in [0.29, 0.717) is 30.4 Å². The number of nitrogens with one attached hydrogen (secondary N) is 1. The van der Waals surface area contributed by atoms with Gasteiger partial charge in [-0.15, -0.1) is 0 Å². The van der Waals surface area contributed by atoms with Crippen molar-refractivity contribution in [1.82, 2.24) is 15.2 Å². The van der Waals surface area contributed by atoms with Crippen molar-refractivity contribution in [3.63, 3.8) is 0 Å². The predicted molar refractivity (Wildman–Crippen MR) is 121 cm³/mol. The maximum atomic E-state index is 12.8. The molecule has 0 saturated carbocycles. The number of piperidine rings is 1. The number of allylic oxidation sites excluding steroid dienone is 2. The summed E-state index contributed by atoms with van der Waals surface area (Å²) in [6, 6.07) is 3.24. The van der Waals surface area contributed by atoms with E-state index < -0.39 is 11.6 Å². The average Bonchev–Trinajstić information content (AvgIpc) is 2.72. The number of rotatable bonds is 6. The molecule has 2 amide bonds. The number of nitrogens with zero attached hydrogens (tertiary/aromatic N) is 2. The summed E-state index contributed by atoms with van der Waals surface area (Å²) in [6.45, 7) is 8.37. The first-order valence-corrected chi connectivity index (χ1v) is 11.0. The fourth-order valence-corrected chi connectivity index (χ4v) is 4.90. The number of urea groups is 1. The smallest absolute Gasteiger partial charge is 0.315 e. The molecule has 7 nitrogen and oxygen atoms in total. The number of hydrogen-bond donors (Lipinski definition) is 3. The van der Waals surface area contributed by atoms with Crippen LogP contribution in [0.5, 0.6) is 0 Å². The minimum Gasteiger partial charge on any atom is -0.512 e. The quantitative estimate of drug-likeness (QED) is 0.638. The van der Waals surface area contributed by atoms with Gasteiger partial charge >= 0.3 is 6.03 Å². The Morgan fingerprint density at radius 2 is 2.10 bits per heavy atom. The van der Waals surface area contributed by atoms with Crippen LogP contribution < -0.4 is 11.1 Å². The van der Waals surface area contributed by atoms with Crippen LogP contribution in [-0.4, -0.2) is 46.8 Å². The van der Waals surface area contributed by atoms with E-state index in [2.05, 4.69) is 31.1 Å². The second-order valence-electron chi connectivity index (χ2n) is 9.71. The van der Waals surface area contributed by atoms with E-state index >= 15 is 0 Å². The lowest BCUT2D eigenvalue weighted by Gasteiger charge is -2.48. The first-order valence-electron chi connectivity index (χ1n) is 11.0. The van der Waals surface area contributed by atoms with E-state index in [1.54, 1.807) is 24.4 Å². The molecule has 2 aliphatic rings. The van der Waals surface area contributed by atoms with Crippen molar-refractivity contribution in [3.8, 4) is 0 Å². The van der Waals surface area contributed by atoms with Gasteiger partial charge in [0.2, 0.25) is 0 Å². The van der Waals surface area contributed by atoms with Gasteiger partial charge in [0, 0.05) is 25.4 Å². The van der Waals surface area contributed by atoms with Crippen LogP contribution in [0, 0.1) is 11.3 Å². The number of pyridine rings is 1. The lowest BCUT2D eigenvalue weighted by atomic mass is 9.71. The van der Waals surface area contributed by atoms with Gasteiger partial charge in [0.15, 0.2) is 0 Å². The minimum absolute atomic E-state index is 0.254. The van der Waals surface area contributed by atoms with Crippen molar-refractivity contribution in [2.75, 3.05) is 20.2 Å². The molecular weight excluding hydrogens is 392 g/mol. The largest absolute Gasteiger partial charge is 0.512 e. The molecule has 0 aromatic carbocycles. The molecule has 7 heteroatoms. The highest BCUT2D eigenvalue weighted by atomic mass is 16.5. The third-order valence-corrected chi connectivity index (χ3v) is 6.46. The van der Waals surface area contributed by atoms with Crippen molar-refractivity contribution in [3.05, 3.63) is 53.3 Å². The normalized spacial score (nSPS) is 22.8. The number of aliphatic hydroxyl groups is 1. The molecule has 1 saturated heterocycles. The number of carbonyl (C=O) groups excluding carboxylic acids is 1. The lowest BCUT2D eigenvalue weighted by molar-refractivity contribution is 0.0485.